The van der Waals surface area contributed by atoms with Gasteiger partial charge in [-0.15, -0.1) is 0 Å². The zero-order valence-electron chi connectivity index (χ0n) is 13.5. The minimum atomic E-state index is -6.00. The second kappa shape index (κ2) is 18.8. The fraction of sp³-hybridized carbons (Fsp3) is 0. The van der Waals surface area contributed by atoms with Crippen LogP contribution in [-0.2, 0) is 0 Å². The minimum absolute atomic E-state index is 0. The maximum atomic E-state index is 9.75. The Labute approximate surface area is 167 Å². The van der Waals surface area contributed by atoms with Crippen molar-refractivity contribution in [1.29, 1.82) is 0 Å². The van der Waals surface area contributed by atoms with Crippen LogP contribution < -0.4 is 0 Å². The summed E-state index contributed by atoms with van der Waals surface area (Å²) in [6, 6.07) is 0. The molecule has 0 saturated heterocycles. The van der Waals surface area contributed by atoms with Crippen molar-refractivity contribution >= 4 is 62.4 Å². The first-order valence-corrected chi connectivity index (χ1v) is 5.24. The van der Waals surface area contributed by atoms with Gasteiger partial charge >= 0.3 is 43.5 Å². The van der Waals surface area contributed by atoms with Gasteiger partial charge in [-0.2, -0.15) is 0 Å². The molecule has 0 N–H and O–H groups in total. The van der Waals surface area contributed by atoms with Crippen LogP contribution in [0.4, 0.5) is 104 Å². The van der Waals surface area contributed by atoms with Crippen LogP contribution in [0.15, 0.2) is 0 Å². The molecule has 0 unspecified atom stereocenters. The summed E-state index contributed by atoms with van der Waals surface area (Å²) in [7, 11) is -36.0. The topological polar surface area (TPSA) is 0 Å². The Morgan fingerprint density at radius 2 is 0.161 bits per heavy atom. The summed E-state index contributed by atoms with van der Waals surface area (Å²) in [4.78, 5) is 0. The first-order chi connectivity index (χ1) is 12.0. The Bertz CT molecular complexity index is 214. The van der Waals surface area contributed by atoms with E-state index >= 15 is 0 Å². The van der Waals surface area contributed by atoms with Crippen LogP contribution in [0, 0.1) is 0 Å². The van der Waals surface area contributed by atoms with E-state index in [9.17, 15) is 104 Å². The Morgan fingerprint density at radius 1 is 0.161 bits per heavy atom. The van der Waals surface area contributed by atoms with Crippen LogP contribution in [0.25, 0.3) is 0 Å². The maximum absolute atomic E-state index is 9.75. The van der Waals surface area contributed by atoms with Crippen LogP contribution >= 0.6 is 0 Å². The maximum Gasteiger partial charge on any atom is 0.673 e. The average molecular weight is 528 g/mol. The molecule has 0 spiro atoms. The predicted molar refractivity (Wildman–Crippen MR) is 66.9 cm³/mol. The molecule has 0 saturated carbocycles. The van der Waals surface area contributed by atoms with Gasteiger partial charge in [0.15, 0.2) is 0 Å². The zero-order chi connectivity index (χ0) is 27.0. The molecule has 0 rings (SSSR count). The van der Waals surface area contributed by atoms with E-state index in [0.717, 1.165) is 0 Å². The summed E-state index contributed by atoms with van der Waals surface area (Å²) in [6.07, 6.45) is 0. The molecule has 0 aromatic heterocycles. The molecule has 31 heavy (non-hydrogen) atoms. The molecule has 0 heterocycles. The van der Waals surface area contributed by atoms with E-state index < -0.39 is 43.5 Å². The molecule has 193 valence electrons. The third-order valence-electron chi connectivity index (χ3n) is 0. The summed E-state index contributed by atoms with van der Waals surface area (Å²) >= 11 is 0. The first kappa shape index (κ1) is 47.9. The summed E-state index contributed by atoms with van der Waals surface area (Å²) in [5.74, 6) is 0. The Morgan fingerprint density at radius 3 is 0.161 bits per heavy atom. The molecule has 0 amide bonds. The molecule has 0 aliphatic heterocycles. The van der Waals surface area contributed by atoms with Gasteiger partial charge in [0.1, 0.15) is 0 Å². The summed E-state index contributed by atoms with van der Waals surface area (Å²) in [5, 5.41) is 0. The van der Waals surface area contributed by atoms with Gasteiger partial charge in [0.2, 0.25) is 0 Å². The summed E-state index contributed by atoms with van der Waals surface area (Å²) < 4.78 is 234. The fourth-order valence-electron chi connectivity index (χ4n) is 0. The standard InChI is InChI=1S/6BF4.Li/c6*2-1(3,4)5;/q6*-1;. The number of halogens is 24. The van der Waals surface area contributed by atoms with E-state index in [-0.39, 0.29) is 18.9 Å². The molecule has 0 atom stereocenters. The smallest absolute Gasteiger partial charge is 0.418 e. The SMILES string of the molecule is F[B-](F)(F)F.F[B-](F)(F)F.F[B-](F)(F)F.F[B-](F)(F)F.F[B-](F)(F)F.F[B-](F)(F)F.[Li]. The van der Waals surface area contributed by atoms with Crippen LogP contribution in [0.2, 0.25) is 0 Å². The van der Waals surface area contributed by atoms with E-state index in [0.29, 0.717) is 0 Å². The second-order valence-electron chi connectivity index (χ2n) is 2.97. The molecule has 0 fully saturated rings. The molecule has 0 nitrogen and oxygen atoms in total. The summed E-state index contributed by atoms with van der Waals surface area (Å²) in [6.45, 7) is 0. The second-order valence-corrected chi connectivity index (χ2v) is 2.97. The van der Waals surface area contributed by atoms with Crippen molar-refractivity contribution < 1.29 is 104 Å². The van der Waals surface area contributed by atoms with Crippen molar-refractivity contribution in [2.75, 3.05) is 0 Å². The molecule has 0 aromatic rings. The average Bonchev–Trinajstić information content (AvgIpc) is 1.94. The molecular formula is B6F24Li-6. The van der Waals surface area contributed by atoms with Gasteiger partial charge in [-0.1, -0.05) is 0 Å². The largest absolute Gasteiger partial charge is 0.673 e. The van der Waals surface area contributed by atoms with Crippen molar-refractivity contribution in [3.05, 3.63) is 0 Å². The van der Waals surface area contributed by atoms with Crippen molar-refractivity contribution in [1.82, 2.24) is 0 Å². The van der Waals surface area contributed by atoms with E-state index in [4.69, 9.17) is 0 Å². The van der Waals surface area contributed by atoms with Crippen molar-refractivity contribution in [3.8, 4) is 0 Å². The fourth-order valence-corrected chi connectivity index (χ4v) is 0. The van der Waals surface area contributed by atoms with E-state index in [1.165, 1.54) is 0 Å². The molecule has 0 bridgehead atoms. The number of rotatable bonds is 0. The van der Waals surface area contributed by atoms with Gasteiger partial charge in [0.25, 0.3) is 0 Å². The van der Waals surface area contributed by atoms with E-state index in [2.05, 4.69) is 0 Å². The van der Waals surface area contributed by atoms with Crippen LogP contribution in [-0.4, -0.2) is 62.4 Å². The zero-order valence-corrected chi connectivity index (χ0v) is 13.5. The summed E-state index contributed by atoms with van der Waals surface area (Å²) in [5.41, 5.74) is 0. The van der Waals surface area contributed by atoms with Gasteiger partial charge in [0.05, 0.1) is 0 Å². The van der Waals surface area contributed by atoms with Crippen LogP contribution in [0.5, 0.6) is 0 Å². The molecule has 1 radical (unpaired) electrons. The van der Waals surface area contributed by atoms with Crippen LogP contribution in [0.3, 0.4) is 0 Å². The molecule has 0 aliphatic rings. The Kier molecular flexibility index (Phi) is 29.1. The van der Waals surface area contributed by atoms with Gasteiger partial charge in [-0.25, -0.2) is 0 Å². The van der Waals surface area contributed by atoms with E-state index in [1.54, 1.807) is 0 Å². The van der Waals surface area contributed by atoms with Gasteiger partial charge in [0, 0.05) is 18.9 Å². The molecular weight excluding hydrogens is 528 g/mol. The first-order valence-electron chi connectivity index (χ1n) is 5.24. The third kappa shape index (κ3) is 45500. The van der Waals surface area contributed by atoms with Crippen molar-refractivity contribution in [2.45, 2.75) is 0 Å². The van der Waals surface area contributed by atoms with Crippen molar-refractivity contribution in [3.63, 3.8) is 0 Å². The number of hydrogen-bond donors (Lipinski definition) is 0. The van der Waals surface area contributed by atoms with Gasteiger partial charge in [-0.05, 0) is 0 Å². The van der Waals surface area contributed by atoms with Crippen LogP contribution in [0.1, 0.15) is 0 Å². The minimum Gasteiger partial charge on any atom is -0.418 e. The monoisotopic (exact) mass is 529 g/mol. The molecule has 31 heteroatoms. The Balaban J connectivity index is -0.0000000443. The van der Waals surface area contributed by atoms with Crippen molar-refractivity contribution in [2.24, 2.45) is 0 Å². The van der Waals surface area contributed by atoms with Gasteiger partial charge < -0.3 is 104 Å². The van der Waals surface area contributed by atoms with E-state index in [1.807, 2.05) is 0 Å². The third-order valence-corrected chi connectivity index (χ3v) is 0. The van der Waals surface area contributed by atoms with Gasteiger partial charge in [-0.3, -0.25) is 0 Å². The number of hydrogen-bond acceptors (Lipinski definition) is 0. The quantitative estimate of drug-likeness (QED) is 0.227. The normalized spacial score (nSPS) is 11.6. The molecule has 0 aliphatic carbocycles. The predicted octanol–water partition coefficient (Wildman–Crippen LogP) is 7.42. The molecule has 0 aromatic carbocycles. The Hall–Kier alpha value is -0.693.